The highest BCUT2D eigenvalue weighted by molar-refractivity contribution is 7.93. The number of ether oxygens (including phenoxy) is 2. The second-order valence-electron chi connectivity index (χ2n) is 8.77. The van der Waals surface area contributed by atoms with Crippen molar-refractivity contribution in [3.8, 4) is 6.07 Å². The molecule has 10 heteroatoms. The number of sulfonamides is 1. The minimum Gasteiger partial charge on any atom is -0.494 e. The van der Waals surface area contributed by atoms with Crippen molar-refractivity contribution >= 4 is 16.1 Å². The van der Waals surface area contributed by atoms with E-state index in [2.05, 4.69) is 26.7 Å². The fraction of sp³-hybridized carbons (Fsp3) is 0.517. The van der Waals surface area contributed by atoms with Crippen molar-refractivity contribution in [3.05, 3.63) is 71.4 Å². The van der Waals surface area contributed by atoms with Crippen molar-refractivity contribution in [2.75, 3.05) is 34.4 Å². The van der Waals surface area contributed by atoms with Gasteiger partial charge in [-0.15, -0.1) is 0 Å². The topological polar surface area (TPSA) is 130 Å². The Bertz CT molecular complexity index is 1030. The highest BCUT2D eigenvalue weighted by Gasteiger charge is 2.27. The monoisotopic (exact) mass is 564 g/mol. The summed E-state index contributed by atoms with van der Waals surface area (Å²) in [7, 11) is 1.16. The number of carbonyl (C=O) groups excluding carboxylic acids is 1. The summed E-state index contributed by atoms with van der Waals surface area (Å²) in [6.45, 7) is 14.0. The molecule has 0 aliphatic heterocycles. The Morgan fingerprint density at radius 3 is 2.49 bits per heavy atom. The van der Waals surface area contributed by atoms with Gasteiger partial charge in [0.25, 0.3) is 0 Å². The van der Waals surface area contributed by atoms with Gasteiger partial charge in [-0.1, -0.05) is 39.5 Å². The molecule has 39 heavy (non-hydrogen) atoms. The van der Waals surface area contributed by atoms with E-state index < -0.39 is 15.6 Å². The number of methoxy groups -OCH3 is 1. The molecule has 1 rings (SSSR count). The molecule has 0 spiro atoms. The fourth-order valence-corrected chi connectivity index (χ4v) is 4.10. The SMILES string of the molecule is C=C/C=C(C#N)\C=C/COC1=CC=C(S(=O)(=O)NCCCC(C)C(C)(C)NC(=O)NC)C=CC1.CC.COC. The Kier molecular flexibility index (Phi) is 21.2. The number of nitriles is 1. The van der Waals surface area contributed by atoms with Gasteiger partial charge in [-0.05, 0) is 69.1 Å². The third-order valence-electron chi connectivity index (χ3n) is 5.43. The van der Waals surface area contributed by atoms with E-state index in [0.717, 1.165) is 6.42 Å². The van der Waals surface area contributed by atoms with E-state index in [0.29, 0.717) is 30.7 Å². The van der Waals surface area contributed by atoms with E-state index in [9.17, 15) is 13.2 Å². The number of hydrogen-bond donors (Lipinski definition) is 3. The molecule has 1 unspecified atom stereocenters. The van der Waals surface area contributed by atoms with Crippen LogP contribution in [0.2, 0.25) is 0 Å². The Labute approximate surface area is 236 Å². The average molecular weight is 565 g/mol. The summed E-state index contributed by atoms with van der Waals surface area (Å²) >= 11 is 0. The second-order valence-corrected chi connectivity index (χ2v) is 10.5. The van der Waals surface area contributed by atoms with Crippen molar-refractivity contribution in [2.45, 2.75) is 59.4 Å². The average Bonchev–Trinajstić information content (AvgIpc) is 3.16. The number of rotatable bonds is 13. The van der Waals surface area contributed by atoms with Gasteiger partial charge in [0.2, 0.25) is 10.0 Å². The lowest BCUT2D eigenvalue weighted by Crippen LogP contribution is -2.51. The van der Waals surface area contributed by atoms with Crippen molar-refractivity contribution < 1.29 is 22.7 Å². The molecule has 1 aliphatic rings. The molecule has 0 saturated heterocycles. The van der Waals surface area contributed by atoms with Crippen LogP contribution in [0.4, 0.5) is 4.79 Å². The lowest BCUT2D eigenvalue weighted by Gasteiger charge is -2.32. The smallest absolute Gasteiger partial charge is 0.314 e. The first kappa shape index (κ1) is 38.0. The molecule has 0 saturated carbocycles. The zero-order valence-corrected chi connectivity index (χ0v) is 25.7. The van der Waals surface area contributed by atoms with E-state index >= 15 is 0 Å². The number of urea groups is 1. The van der Waals surface area contributed by atoms with Crippen molar-refractivity contribution in [1.29, 1.82) is 5.26 Å². The van der Waals surface area contributed by atoms with Gasteiger partial charge in [0.15, 0.2) is 0 Å². The van der Waals surface area contributed by atoms with Gasteiger partial charge in [-0.25, -0.2) is 17.9 Å². The lowest BCUT2D eigenvalue weighted by molar-refractivity contribution is 0.212. The third kappa shape index (κ3) is 17.1. The van der Waals surface area contributed by atoms with Crippen LogP contribution in [0.3, 0.4) is 0 Å². The molecular weight excluding hydrogens is 516 g/mol. The summed E-state index contributed by atoms with van der Waals surface area (Å²) in [4.78, 5) is 11.8. The van der Waals surface area contributed by atoms with Crippen molar-refractivity contribution in [1.82, 2.24) is 15.4 Å². The largest absolute Gasteiger partial charge is 0.494 e. The Morgan fingerprint density at radius 1 is 1.28 bits per heavy atom. The zero-order valence-electron chi connectivity index (χ0n) is 24.8. The summed E-state index contributed by atoms with van der Waals surface area (Å²) in [6, 6.07) is 1.80. The van der Waals surface area contributed by atoms with Crippen LogP contribution in [0.15, 0.2) is 71.4 Å². The maximum absolute atomic E-state index is 12.7. The quantitative estimate of drug-likeness (QED) is 0.159. The molecule has 0 aromatic heterocycles. The number of allylic oxidation sites excluding steroid dienone is 8. The van der Waals surface area contributed by atoms with Gasteiger partial charge in [-0.3, -0.25) is 0 Å². The summed E-state index contributed by atoms with van der Waals surface area (Å²) in [5.41, 5.74) is 0.0494. The van der Waals surface area contributed by atoms with Crippen LogP contribution >= 0.6 is 0 Å². The van der Waals surface area contributed by atoms with Crippen LogP contribution in [0, 0.1) is 17.2 Å². The number of nitrogens with zero attached hydrogens (tertiary/aromatic N) is 1. The fourth-order valence-electron chi connectivity index (χ4n) is 3.00. The van der Waals surface area contributed by atoms with Crippen LogP contribution in [-0.2, 0) is 19.5 Å². The van der Waals surface area contributed by atoms with Crippen LogP contribution < -0.4 is 15.4 Å². The number of nitrogens with one attached hydrogen (secondary N) is 3. The van der Waals surface area contributed by atoms with Gasteiger partial charge in [0.05, 0.1) is 16.5 Å². The molecule has 1 aliphatic carbocycles. The maximum Gasteiger partial charge on any atom is 0.314 e. The van der Waals surface area contributed by atoms with Gasteiger partial charge >= 0.3 is 6.03 Å². The highest BCUT2D eigenvalue weighted by Crippen LogP contribution is 2.21. The molecule has 0 aromatic carbocycles. The summed E-state index contributed by atoms with van der Waals surface area (Å²) < 4.78 is 37.9. The van der Waals surface area contributed by atoms with Gasteiger partial charge in [-0.2, -0.15) is 5.26 Å². The van der Waals surface area contributed by atoms with Gasteiger partial charge < -0.3 is 20.1 Å². The summed E-state index contributed by atoms with van der Waals surface area (Å²) in [5, 5.41) is 14.4. The number of hydrogen-bond acceptors (Lipinski definition) is 6. The summed E-state index contributed by atoms with van der Waals surface area (Å²) in [5.74, 6) is 0.775. The summed E-state index contributed by atoms with van der Waals surface area (Å²) in [6.07, 6.45) is 14.8. The van der Waals surface area contributed by atoms with E-state index in [-0.39, 0.29) is 23.5 Å². The molecule has 9 nitrogen and oxygen atoms in total. The molecule has 0 heterocycles. The molecule has 0 radical (unpaired) electrons. The molecular formula is C29H48N4O5S. The highest BCUT2D eigenvalue weighted by atomic mass is 32.2. The zero-order chi connectivity index (χ0) is 30.3. The molecule has 0 aromatic rings. The molecule has 1 atom stereocenters. The van der Waals surface area contributed by atoms with Gasteiger partial charge in [0, 0.05) is 39.8 Å². The Balaban J connectivity index is 0. The molecule has 2 amide bonds. The van der Waals surface area contributed by atoms with Crippen LogP contribution in [0.25, 0.3) is 0 Å². The third-order valence-corrected chi connectivity index (χ3v) is 6.91. The van der Waals surface area contributed by atoms with E-state index in [4.69, 9.17) is 10.00 Å². The standard InChI is InChI=1S/C25H36N4O4S.C2H6O.C2H6/c1-6-10-21(19-26)12-9-18-33-22-13-7-14-23(16-15-22)34(31,32)28-17-8-11-20(2)25(3,4)29-24(30)27-5;1-3-2;1-2/h6-7,9-10,12,14-16,20,28H,1,8,11,13,17-18H2,2-5H3,(H2,27,29,30);1-2H3;1-2H3/b12-9-,21-10+;;. The van der Waals surface area contributed by atoms with Crippen molar-refractivity contribution in [3.63, 3.8) is 0 Å². The Morgan fingerprint density at radius 2 is 1.92 bits per heavy atom. The molecule has 220 valence electrons. The van der Waals surface area contributed by atoms with Crippen LogP contribution in [-0.4, -0.2) is 54.4 Å². The van der Waals surface area contributed by atoms with E-state index in [1.807, 2.05) is 40.7 Å². The van der Waals surface area contributed by atoms with Gasteiger partial charge in [0.1, 0.15) is 12.4 Å². The first-order valence-electron chi connectivity index (χ1n) is 13.0. The molecule has 3 N–H and O–H groups in total. The molecule has 0 fully saturated rings. The Hall–Kier alpha value is -3.13. The normalized spacial score (nSPS) is 14.2. The van der Waals surface area contributed by atoms with E-state index in [1.54, 1.807) is 57.7 Å². The first-order chi connectivity index (χ1) is 18.5. The minimum absolute atomic E-state index is 0.152. The lowest BCUT2D eigenvalue weighted by atomic mass is 9.85. The first-order valence-corrected chi connectivity index (χ1v) is 14.4. The minimum atomic E-state index is -3.66. The predicted octanol–water partition coefficient (Wildman–Crippen LogP) is 5.25. The van der Waals surface area contributed by atoms with Crippen LogP contribution in [0.1, 0.15) is 53.9 Å². The molecule has 0 bridgehead atoms. The number of amides is 2. The number of carbonyl (C=O) groups is 1. The van der Waals surface area contributed by atoms with E-state index in [1.165, 1.54) is 12.2 Å². The van der Waals surface area contributed by atoms with Crippen molar-refractivity contribution in [2.24, 2.45) is 5.92 Å². The van der Waals surface area contributed by atoms with Crippen LogP contribution in [0.5, 0.6) is 0 Å². The second kappa shape index (κ2) is 21.8. The predicted molar refractivity (Wildman–Crippen MR) is 160 cm³/mol. The maximum atomic E-state index is 12.7.